The molecule has 29 heavy (non-hydrogen) atoms. The van der Waals surface area contributed by atoms with Gasteiger partial charge in [-0.05, 0) is 56.5 Å². The number of ether oxygens (including phenoxy) is 1. The van der Waals surface area contributed by atoms with E-state index >= 15 is 0 Å². The van der Waals surface area contributed by atoms with Gasteiger partial charge < -0.3 is 15.0 Å². The van der Waals surface area contributed by atoms with Gasteiger partial charge in [0.15, 0.2) is 0 Å². The highest BCUT2D eigenvalue weighted by molar-refractivity contribution is 7.20. The van der Waals surface area contributed by atoms with Crippen LogP contribution in [0.5, 0.6) is 0 Å². The van der Waals surface area contributed by atoms with Crippen LogP contribution in [0.25, 0.3) is 10.2 Å². The molecule has 1 amide bonds. The van der Waals surface area contributed by atoms with E-state index < -0.39 is 0 Å². The molecule has 0 spiro atoms. The molecule has 0 radical (unpaired) electrons. The Morgan fingerprint density at radius 2 is 2.10 bits per heavy atom. The second-order valence-electron chi connectivity index (χ2n) is 6.79. The van der Waals surface area contributed by atoms with Crippen LogP contribution in [-0.2, 0) is 16.0 Å². The van der Waals surface area contributed by atoms with Gasteiger partial charge in [0.05, 0.1) is 12.0 Å². The zero-order valence-electron chi connectivity index (χ0n) is 16.6. The third-order valence-corrected chi connectivity index (χ3v) is 6.23. The summed E-state index contributed by atoms with van der Waals surface area (Å²) in [5.41, 5.74) is 3.80. The van der Waals surface area contributed by atoms with Gasteiger partial charge in [0.25, 0.3) is 0 Å². The molecule has 1 N–H and O–H groups in total. The maximum absolute atomic E-state index is 12.2. The third kappa shape index (κ3) is 3.44. The minimum Gasteiger partial charge on any atom is -0.462 e. The van der Waals surface area contributed by atoms with Crippen LogP contribution < -0.4 is 10.2 Å². The Labute approximate surface area is 172 Å². The van der Waals surface area contributed by atoms with E-state index in [4.69, 9.17) is 4.74 Å². The number of nitrogens with zero attached hydrogens (tertiary/aromatic N) is 3. The van der Waals surface area contributed by atoms with E-state index in [2.05, 4.69) is 21.4 Å². The van der Waals surface area contributed by atoms with Gasteiger partial charge in [-0.15, -0.1) is 11.3 Å². The molecular formula is C21H22N4O3S. The highest BCUT2D eigenvalue weighted by atomic mass is 32.1. The Hall–Kier alpha value is -3.00. The van der Waals surface area contributed by atoms with Gasteiger partial charge in [0.2, 0.25) is 5.91 Å². The Balaban J connectivity index is 1.70. The number of thiophene rings is 1. The molecule has 1 aliphatic heterocycles. The van der Waals surface area contributed by atoms with Gasteiger partial charge in [-0.1, -0.05) is 0 Å². The standard InChI is InChI=1S/C21H22N4O3S/c1-4-25-15-8-7-14(10-13(15)6-9-16(25)26)24-19-17-12(3)18(21(27)28-5-2)29-20(17)23-11-22-19/h7-8,10-11H,4-6,9H2,1-3H3,(H,22,23,24). The van der Waals surface area contributed by atoms with Gasteiger partial charge in [0.1, 0.15) is 21.9 Å². The lowest BCUT2D eigenvalue weighted by Gasteiger charge is -2.28. The fourth-order valence-electron chi connectivity index (χ4n) is 3.68. The number of aromatic nitrogens is 2. The van der Waals surface area contributed by atoms with Gasteiger partial charge in [-0.25, -0.2) is 14.8 Å². The zero-order chi connectivity index (χ0) is 20.5. The maximum atomic E-state index is 12.2. The predicted octanol–water partition coefficient (Wildman–Crippen LogP) is 4.22. The maximum Gasteiger partial charge on any atom is 0.348 e. The summed E-state index contributed by atoms with van der Waals surface area (Å²) in [6, 6.07) is 5.98. The van der Waals surface area contributed by atoms with Crippen molar-refractivity contribution in [2.24, 2.45) is 0 Å². The van der Waals surface area contributed by atoms with Crippen molar-refractivity contribution in [2.45, 2.75) is 33.6 Å². The molecule has 0 saturated heterocycles. The molecule has 7 nitrogen and oxygen atoms in total. The molecule has 8 heteroatoms. The van der Waals surface area contributed by atoms with Gasteiger partial charge in [-0.2, -0.15) is 0 Å². The lowest BCUT2D eigenvalue weighted by Crippen LogP contribution is -2.34. The van der Waals surface area contributed by atoms with Crippen LogP contribution in [0.15, 0.2) is 24.5 Å². The summed E-state index contributed by atoms with van der Waals surface area (Å²) in [5, 5.41) is 4.19. The van der Waals surface area contributed by atoms with E-state index in [0.717, 1.165) is 39.1 Å². The molecule has 0 aliphatic carbocycles. The molecule has 0 fully saturated rings. The van der Waals surface area contributed by atoms with Crippen molar-refractivity contribution >= 4 is 50.6 Å². The number of nitrogens with one attached hydrogen (secondary N) is 1. The van der Waals surface area contributed by atoms with Crippen molar-refractivity contribution in [3.8, 4) is 0 Å². The summed E-state index contributed by atoms with van der Waals surface area (Å²) >= 11 is 1.31. The van der Waals surface area contributed by atoms with Gasteiger partial charge in [0, 0.05) is 24.3 Å². The molecule has 1 aromatic carbocycles. The summed E-state index contributed by atoms with van der Waals surface area (Å²) in [5.74, 6) is 0.481. The van der Waals surface area contributed by atoms with Crippen LogP contribution in [0.2, 0.25) is 0 Å². The van der Waals surface area contributed by atoms with Crippen LogP contribution in [0.4, 0.5) is 17.2 Å². The first kappa shape index (κ1) is 19.3. The molecule has 0 unspecified atom stereocenters. The van der Waals surface area contributed by atoms with E-state index in [1.54, 1.807) is 6.92 Å². The Kier molecular flexibility index (Phi) is 5.19. The van der Waals surface area contributed by atoms with Crippen LogP contribution in [0.3, 0.4) is 0 Å². The highest BCUT2D eigenvalue weighted by Gasteiger charge is 2.24. The predicted molar refractivity (Wildman–Crippen MR) is 114 cm³/mol. The zero-order valence-corrected chi connectivity index (χ0v) is 17.4. The number of rotatable bonds is 5. The fourth-order valence-corrected chi connectivity index (χ4v) is 4.72. The van der Waals surface area contributed by atoms with E-state index in [1.165, 1.54) is 17.7 Å². The van der Waals surface area contributed by atoms with Crippen LogP contribution in [0, 0.1) is 6.92 Å². The molecular weight excluding hydrogens is 388 g/mol. The monoisotopic (exact) mass is 410 g/mol. The number of anilines is 3. The van der Waals surface area contributed by atoms with Crippen LogP contribution in [-0.4, -0.2) is 35.0 Å². The molecule has 1 aliphatic rings. The number of carbonyl (C=O) groups excluding carboxylic acids is 2. The number of hydrogen-bond donors (Lipinski definition) is 1. The normalized spacial score (nSPS) is 13.5. The Morgan fingerprint density at radius 3 is 2.86 bits per heavy atom. The average Bonchev–Trinajstić information content (AvgIpc) is 3.06. The number of fused-ring (bicyclic) bond motifs is 2. The molecule has 0 bridgehead atoms. The van der Waals surface area contributed by atoms with Crippen molar-refractivity contribution in [1.82, 2.24) is 9.97 Å². The topological polar surface area (TPSA) is 84.4 Å². The summed E-state index contributed by atoms with van der Waals surface area (Å²) in [7, 11) is 0. The molecule has 0 saturated carbocycles. The third-order valence-electron chi connectivity index (χ3n) is 5.05. The SMILES string of the molecule is CCOC(=O)c1sc2ncnc(Nc3ccc4c(c3)CCC(=O)N4CC)c2c1C. The quantitative estimate of drug-likeness (QED) is 0.634. The van der Waals surface area contributed by atoms with Crippen molar-refractivity contribution in [1.29, 1.82) is 0 Å². The van der Waals surface area contributed by atoms with E-state index in [0.29, 0.717) is 30.3 Å². The summed E-state index contributed by atoms with van der Waals surface area (Å²) in [4.78, 5) is 36.2. The second kappa shape index (κ2) is 7.79. The minimum atomic E-state index is -0.336. The number of hydrogen-bond acceptors (Lipinski definition) is 7. The summed E-state index contributed by atoms with van der Waals surface area (Å²) < 4.78 is 5.16. The fraction of sp³-hybridized carbons (Fsp3) is 0.333. The molecule has 150 valence electrons. The number of benzene rings is 1. The molecule has 2 aromatic heterocycles. The molecule has 0 atom stereocenters. The van der Waals surface area contributed by atoms with Gasteiger partial charge >= 0.3 is 5.97 Å². The van der Waals surface area contributed by atoms with E-state index in [-0.39, 0.29) is 11.9 Å². The first-order valence-electron chi connectivity index (χ1n) is 9.65. The molecule has 3 aromatic rings. The van der Waals surface area contributed by atoms with Crippen molar-refractivity contribution in [3.63, 3.8) is 0 Å². The molecule has 3 heterocycles. The first-order valence-corrected chi connectivity index (χ1v) is 10.5. The minimum absolute atomic E-state index is 0.165. The first-order chi connectivity index (χ1) is 14.0. The average molecular weight is 410 g/mol. The lowest BCUT2D eigenvalue weighted by atomic mass is 10.0. The summed E-state index contributed by atoms with van der Waals surface area (Å²) in [6.07, 6.45) is 2.74. The summed E-state index contributed by atoms with van der Waals surface area (Å²) in [6.45, 7) is 6.65. The lowest BCUT2D eigenvalue weighted by molar-refractivity contribution is -0.118. The number of esters is 1. The number of amides is 1. The van der Waals surface area contributed by atoms with Crippen molar-refractivity contribution in [2.75, 3.05) is 23.4 Å². The largest absolute Gasteiger partial charge is 0.462 e. The number of aryl methyl sites for hydroxylation is 2. The van der Waals surface area contributed by atoms with E-state index in [1.807, 2.05) is 30.9 Å². The van der Waals surface area contributed by atoms with Crippen LogP contribution in [0.1, 0.15) is 41.1 Å². The van der Waals surface area contributed by atoms with Crippen molar-refractivity contribution < 1.29 is 14.3 Å². The van der Waals surface area contributed by atoms with Gasteiger partial charge in [-0.3, -0.25) is 4.79 Å². The van der Waals surface area contributed by atoms with Crippen LogP contribution >= 0.6 is 11.3 Å². The highest BCUT2D eigenvalue weighted by Crippen LogP contribution is 2.36. The second-order valence-corrected chi connectivity index (χ2v) is 7.78. The van der Waals surface area contributed by atoms with E-state index in [9.17, 15) is 9.59 Å². The van der Waals surface area contributed by atoms with Crippen molar-refractivity contribution in [3.05, 3.63) is 40.5 Å². The molecule has 4 rings (SSSR count). The smallest absolute Gasteiger partial charge is 0.348 e. The number of carbonyl (C=O) groups is 2. The Morgan fingerprint density at radius 1 is 1.28 bits per heavy atom. The Bertz CT molecular complexity index is 1110.